The van der Waals surface area contributed by atoms with Crippen LogP contribution in [0.25, 0.3) is 0 Å². The molecule has 0 radical (unpaired) electrons. The third-order valence-corrected chi connectivity index (χ3v) is 3.72. The maximum atomic E-state index is 5.76. The summed E-state index contributed by atoms with van der Waals surface area (Å²) in [6.07, 6.45) is 0.919. The molecule has 0 bridgehead atoms. The number of aromatic nitrogens is 1. The van der Waals surface area contributed by atoms with Crippen LogP contribution in [0.1, 0.15) is 5.56 Å². The Labute approximate surface area is 117 Å². The van der Waals surface area contributed by atoms with Crippen LogP contribution in [0.15, 0.2) is 29.0 Å². The van der Waals surface area contributed by atoms with E-state index in [4.69, 9.17) is 16.3 Å². The Morgan fingerprint density at radius 3 is 2.94 bits per heavy atom. The lowest BCUT2D eigenvalue weighted by Gasteiger charge is -2.06. The van der Waals surface area contributed by atoms with Crippen molar-refractivity contribution in [2.24, 2.45) is 0 Å². The molecule has 0 unspecified atom stereocenters. The summed E-state index contributed by atoms with van der Waals surface area (Å²) in [4.78, 5) is 4.12. The first-order valence-electron chi connectivity index (χ1n) is 4.71. The standard InChI is InChI=1S/C11H9ClINOS/c12-10-2-1-9(11(13)14-10)15-5-3-8-4-6-16-7-8/h1-2,4,6-7H,3,5H2. The number of pyridine rings is 1. The average Bonchev–Trinajstić information content (AvgIpc) is 2.74. The van der Waals surface area contributed by atoms with Crippen LogP contribution < -0.4 is 4.74 Å². The zero-order valence-electron chi connectivity index (χ0n) is 8.32. The van der Waals surface area contributed by atoms with E-state index in [-0.39, 0.29) is 0 Å². The van der Waals surface area contributed by atoms with Crippen molar-refractivity contribution in [1.29, 1.82) is 0 Å². The van der Waals surface area contributed by atoms with Crippen LogP contribution in [0.2, 0.25) is 5.15 Å². The predicted molar refractivity (Wildman–Crippen MR) is 75.5 cm³/mol. The van der Waals surface area contributed by atoms with Crippen LogP contribution in [0.4, 0.5) is 0 Å². The summed E-state index contributed by atoms with van der Waals surface area (Å²) in [5.74, 6) is 0.792. The minimum atomic E-state index is 0.495. The lowest BCUT2D eigenvalue weighted by Crippen LogP contribution is -2.02. The van der Waals surface area contributed by atoms with Gasteiger partial charge in [-0.1, -0.05) is 11.6 Å². The molecule has 2 rings (SSSR count). The Kier molecular flexibility index (Phi) is 4.43. The summed E-state index contributed by atoms with van der Waals surface area (Å²) in [5.41, 5.74) is 1.31. The minimum Gasteiger partial charge on any atom is -0.490 e. The van der Waals surface area contributed by atoms with Gasteiger partial charge in [0.05, 0.1) is 6.61 Å². The monoisotopic (exact) mass is 365 g/mol. The number of ether oxygens (including phenoxy) is 1. The van der Waals surface area contributed by atoms with Crippen molar-refractivity contribution in [2.75, 3.05) is 6.61 Å². The van der Waals surface area contributed by atoms with Crippen molar-refractivity contribution in [3.8, 4) is 5.75 Å². The van der Waals surface area contributed by atoms with E-state index >= 15 is 0 Å². The highest BCUT2D eigenvalue weighted by atomic mass is 127. The number of rotatable bonds is 4. The molecule has 2 nitrogen and oxygen atoms in total. The first kappa shape index (κ1) is 12.1. The number of hydrogen-bond acceptors (Lipinski definition) is 3. The van der Waals surface area contributed by atoms with Crippen molar-refractivity contribution < 1.29 is 4.74 Å². The fourth-order valence-corrected chi connectivity index (χ4v) is 2.81. The SMILES string of the molecule is Clc1ccc(OCCc2ccsc2)c(I)n1. The van der Waals surface area contributed by atoms with E-state index in [2.05, 4.69) is 44.4 Å². The van der Waals surface area contributed by atoms with Crippen molar-refractivity contribution in [3.05, 3.63) is 43.4 Å². The van der Waals surface area contributed by atoms with Crippen LogP contribution >= 0.6 is 45.5 Å². The van der Waals surface area contributed by atoms with E-state index in [0.29, 0.717) is 11.8 Å². The van der Waals surface area contributed by atoms with Gasteiger partial charge in [-0.25, -0.2) is 4.98 Å². The lowest BCUT2D eigenvalue weighted by atomic mass is 10.3. The second kappa shape index (κ2) is 5.84. The minimum absolute atomic E-state index is 0.495. The fourth-order valence-electron chi connectivity index (χ4n) is 1.22. The predicted octanol–water partition coefficient (Wildman–Crippen LogP) is 4.02. The highest BCUT2D eigenvalue weighted by Gasteiger charge is 2.03. The molecular formula is C11H9ClINOS. The molecule has 0 saturated carbocycles. The summed E-state index contributed by atoms with van der Waals surface area (Å²) in [6, 6.07) is 5.70. The van der Waals surface area contributed by atoms with E-state index in [1.165, 1.54) is 5.56 Å². The highest BCUT2D eigenvalue weighted by Crippen LogP contribution is 2.21. The Morgan fingerprint density at radius 2 is 2.25 bits per heavy atom. The molecule has 84 valence electrons. The van der Waals surface area contributed by atoms with Crippen LogP contribution in [0, 0.1) is 3.70 Å². The van der Waals surface area contributed by atoms with Gasteiger partial charge in [0.1, 0.15) is 8.85 Å². The molecule has 2 aromatic heterocycles. The molecule has 0 aliphatic heterocycles. The molecule has 16 heavy (non-hydrogen) atoms. The molecule has 0 spiro atoms. The first-order valence-corrected chi connectivity index (χ1v) is 7.11. The molecule has 0 atom stereocenters. The topological polar surface area (TPSA) is 22.1 Å². The van der Waals surface area contributed by atoms with E-state index < -0.39 is 0 Å². The van der Waals surface area contributed by atoms with Gasteiger partial charge in [-0.3, -0.25) is 0 Å². The van der Waals surface area contributed by atoms with E-state index in [9.17, 15) is 0 Å². The summed E-state index contributed by atoms with van der Waals surface area (Å²) in [6.45, 7) is 0.663. The first-order chi connectivity index (χ1) is 7.75. The highest BCUT2D eigenvalue weighted by molar-refractivity contribution is 14.1. The third kappa shape index (κ3) is 3.33. The van der Waals surface area contributed by atoms with Crippen molar-refractivity contribution in [3.63, 3.8) is 0 Å². The zero-order valence-corrected chi connectivity index (χ0v) is 12.1. The Morgan fingerprint density at radius 1 is 1.38 bits per heavy atom. The molecule has 5 heteroatoms. The Bertz CT molecular complexity index is 461. The number of hydrogen-bond donors (Lipinski definition) is 0. The maximum absolute atomic E-state index is 5.76. The van der Waals surface area contributed by atoms with Gasteiger partial charge in [-0.2, -0.15) is 11.3 Å². The van der Waals surface area contributed by atoms with Gasteiger partial charge in [0.15, 0.2) is 5.75 Å². The quantitative estimate of drug-likeness (QED) is 0.603. The van der Waals surface area contributed by atoms with Gasteiger partial charge in [0.25, 0.3) is 0 Å². The number of halogens is 2. The average molecular weight is 366 g/mol. The molecule has 0 aliphatic rings. The second-order valence-corrected chi connectivity index (χ2v) is 5.34. The molecule has 0 saturated heterocycles. The largest absolute Gasteiger partial charge is 0.490 e. The van der Waals surface area contributed by atoms with Gasteiger partial charge in [0, 0.05) is 6.42 Å². The van der Waals surface area contributed by atoms with Gasteiger partial charge in [-0.15, -0.1) is 0 Å². The molecule has 0 fully saturated rings. The Hall–Kier alpha value is -0.330. The summed E-state index contributed by atoms with van der Waals surface area (Å²) >= 11 is 9.59. The fraction of sp³-hybridized carbons (Fsp3) is 0.182. The summed E-state index contributed by atoms with van der Waals surface area (Å²) < 4.78 is 6.44. The molecule has 0 N–H and O–H groups in total. The molecular weight excluding hydrogens is 357 g/mol. The second-order valence-electron chi connectivity index (χ2n) is 3.15. The smallest absolute Gasteiger partial charge is 0.151 e. The van der Waals surface area contributed by atoms with Crippen LogP contribution in [-0.4, -0.2) is 11.6 Å². The lowest BCUT2D eigenvalue weighted by molar-refractivity contribution is 0.318. The van der Waals surface area contributed by atoms with Crippen molar-refractivity contribution in [2.45, 2.75) is 6.42 Å². The van der Waals surface area contributed by atoms with E-state index in [1.807, 2.05) is 6.07 Å². The van der Waals surface area contributed by atoms with Gasteiger partial charge in [0.2, 0.25) is 0 Å². The molecule has 0 aliphatic carbocycles. The summed E-state index contributed by atoms with van der Waals surface area (Å²) in [7, 11) is 0. The normalized spacial score (nSPS) is 10.4. The van der Waals surface area contributed by atoms with E-state index in [1.54, 1.807) is 17.4 Å². The van der Waals surface area contributed by atoms with Crippen LogP contribution in [-0.2, 0) is 6.42 Å². The van der Waals surface area contributed by atoms with Gasteiger partial charge >= 0.3 is 0 Å². The van der Waals surface area contributed by atoms with Crippen molar-refractivity contribution >= 4 is 45.5 Å². The van der Waals surface area contributed by atoms with Crippen molar-refractivity contribution in [1.82, 2.24) is 4.98 Å². The van der Waals surface area contributed by atoms with Crippen LogP contribution in [0.5, 0.6) is 5.75 Å². The summed E-state index contributed by atoms with van der Waals surface area (Å²) in [5, 5.41) is 4.70. The Balaban J connectivity index is 1.90. The zero-order chi connectivity index (χ0) is 11.4. The number of nitrogens with zero attached hydrogens (tertiary/aromatic N) is 1. The number of thiophene rings is 1. The van der Waals surface area contributed by atoms with Crippen LogP contribution in [0.3, 0.4) is 0 Å². The third-order valence-electron chi connectivity index (χ3n) is 2.01. The van der Waals surface area contributed by atoms with Gasteiger partial charge in [-0.05, 0) is 57.1 Å². The van der Waals surface area contributed by atoms with E-state index in [0.717, 1.165) is 15.9 Å². The molecule has 2 heterocycles. The van der Waals surface area contributed by atoms with Gasteiger partial charge < -0.3 is 4.74 Å². The maximum Gasteiger partial charge on any atom is 0.151 e. The molecule has 0 amide bonds. The molecule has 2 aromatic rings. The molecule has 0 aromatic carbocycles.